The molecule has 2 amide bonds. The number of likely N-dealkylation sites (N-methyl/N-ethyl adjacent to an activating group) is 1. The lowest BCUT2D eigenvalue weighted by atomic mass is 10.3. The molecule has 0 bridgehead atoms. The largest absolute Gasteiger partial charge is 0.344 e. The van der Waals surface area contributed by atoms with Gasteiger partial charge in [0.1, 0.15) is 18.1 Å². The average Bonchev–Trinajstić information content (AvgIpc) is 2.61. The minimum absolute atomic E-state index is 0.0353. The van der Waals surface area contributed by atoms with E-state index >= 15 is 0 Å². The number of anilines is 1. The van der Waals surface area contributed by atoms with E-state index in [1.807, 2.05) is 0 Å². The summed E-state index contributed by atoms with van der Waals surface area (Å²) >= 11 is 6.00. The summed E-state index contributed by atoms with van der Waals surface area (Å²) in [5.74, 6) is 5.15. The second-order valence-electron chi connectivity index (χ2n) is 4.57. The van der Waals surface area contributed by atoms with Crippen LogP contribution in [0.4, 0.5) is 5.82 Å². The summed E-state index contributed by atoms with van der Waals surface area (Å²) in [5, 5.41) is 0.235. The van der Waals surface area contributed by atoms with Crippen molar-refractivity contribution in [2.45, 2.75) is 6.42 Å². The van der Waals surface area contributed by atoms with E-state index in [0.29, 0.717) is 18.9 Å². The summed E-state index contributed by atoms with van der Waals surface area (Å²) in [7, 11) is 1.72. The highest BCUT2D eigenvalue weighted by molar-refractivity contribution is 6.33. The van der Waals surface area contributed by atoms with Crippen LogP contribution >= 0.6 is 11.6 Å². The molecular formula is C12H16ClN5O2. The molecule has 0 aromatic carbocycles. The van der Waals surface area contributed by atoms with Gasteiger partial charge in [-0.2, -0.15) is 0 Å². The number of nitrogen functional groups attached to an aromatic ring is 1. The van der Waals surface area contributed by atoms with E-state index in [1.54, 1.807) is 24.1 Å². The Morgan fingerprint density at radius 3 is 2.90 bits per heavy atom. The van der Waals surface area contributed by atoms with Gasteiger partial charge in [-0.1, -0.05) is 11.6 Å². The first-order chi connectivity index (χ1) is 9.52. The smallest absolute Gasteiger partial charge is 0.274 e. The highest BCUT2D eigenvalue weighted by Gasteiger charge is 2.26. The lowest BCUT2D eigenvalue weighted by molar-refractivity contribution is -0.129. The number of aromatic nitrogens is 1. The molecule has 1 aliphatic rings. The zero-order valence-corrected chi connectivity index (χ0v) is 11.9. The van der Waals surface area contributed by atoms with Crippen LogP contribution in [-0.2, 0) is 4.79 Å². The SMILES string of the molecule is CN1CCCN(C(=O)c2nc(NN)ccc2Cl)CC1=O. The molecule has 0 spiro atoms. The highest BCUT2D eigenvalue weighted by atomic mass is 35.5. The summed E-state index contributed by atoms with van der Waals surface area (Å²) in [5.41, 5.74) is 2.46. The number of pyridine rings is 1. The van der Waals surface area contributed by atoms with Crippen LogP contribution in [0.15, 0.2) is 12.1 Å². The molecule has 1 aliphatic heterocycles. The normalized spacial score (nSPS) is 16.1. The topological polar surface area (TPSA) is 91.6 Å². The molecule has 20 heavy (non-hydrogen) atoms. The molecule has 2 heterocycles. The van der Waals surface area contributed by atoms with Gasteiger partial charge in [0.15, 0.2) is 0 Å². The molecule has 0 atom stereocenters. The van der Waals surface area contributed by atoms with Gasteiger partial charge in [0, 0.05) is 20.1 Å². The summed E-state index contributed by atoms with van der Waals surface area (Å²) in [6.07, 6.45) is 0.723. The highest BCUT2D eigenvalue weighted by Crippen LogP contribution is 2.19. The first-order valence-electron chi connectivity index (χ1n) is 6.19. The Kier molecular flexibility index (Phi) is 4.41. The number of hydrazine groups is 1. The molecule has 0 aliphatic carbocycles. The number of amides is 2. The van der Waals surface area contributed by atoms with Gasteiger partial charge in [-0.05, 0) is 18.6 Å². The second-order valence-corrected chi connectivity index (χ2v) is 4.97. The zero-order chi connectivity index (χ0) is 14.7. The summed E-state index contributed by atoms with van der Waals surface area (Å²) < 4.78 is 0. The Balaban J connectivity index is 2.24. The van der Waals surface area contributed by atoms with Gasteiger partial charge in [-0.3, -0.25) is 9.59 Å². The van der Waals surface area contributed by atoms with Crippen LogP contribution in [0.2, 0.25) is 5.02 Å². The molecule has 1 fully saturated rings. The Labute approximate surface area is 121 Å². The first kappa shape index (κ1) is 14.5. The van der Waals surface area contributed by atoms with Crippen molar-refractivity contribution >= 4 is 29.2 Å². The molecule has 1 aromatic rings. The van der Waals surface area contributed by atoms with E-state index in [-0.39, 0.29) is 29.1 Å². The molecule has 0 saturated carbocycles. The van der Waals surface area contributed by atoms with Gasteiger partial charge >= 0.3 is 0 Å². The average molecular weight is 298 g/mol. The van der Waals surface area contributed by atoms with E-state index in [2.05, 4.69) is 10.4 Å². The number of hydrogen-bond donors (Lipinski definition) is 2. The molecule has 0 unspecified atom stereocenters. The van der Waals surface area contributed by atoms with Crippen LogP contribution in [0, 0.1) is 0 Å². The minimum atomic E-state index is -0.365. The van der Waals surface area contributed by atoms with E-state index in [1.165, 1.54) is 4.90 Å². The third-order valence-corrected chi connectivity index (χ3v) is 3.46. The zero-order valence-electron chi connectivity index (χ0n) is 11.1. The maximum absolute atomic E-state index is 12.4. The van der Waals surface area contributed by atoms with Crippen LogP contribution in [0.3, 0.4) is 0 Å². The Morgan fingerprint density at radius 2 is 2.20 bits per heavy atom. The van der Waals surface area contributed by atoms with Crippen molar-refractivity contribution in [2.75, 3.05) is 32.1 Å². The number of carbonyl (C=O) groups is 2. The van der Waals surface area contributed by atoms with Crippen molar-refractivity contribution < 1.29 is 9.59 Å². The lowest BCUT2D eigenvalue weighted by Gasteiger charge is -2.20. The van der Waals surface area contributed by atoms with Crippen molar-refractivity contribution in [1.82, 2.24) is 14.8 Å². The molecule has 7 nitrogen and oxygen atoms in total. The fourth-order valence-corrected chi connectivity index (χ4v) is 2.17. The van der Waals surface area contributed by atoms with Crippen molar-refractivity contribution in [2.24, 2.45) is 5.84 Å². The number of nitrogens with zero attached hydrogens (tertiary/aromatic N) is 3. The van der Waals surface area contributed by atoms with Gasteiger partial charge in [-0.15, -0.1) is 0 Å². The van der Waals surface area contributed by atoms with E-state index in [0.717, 1.165) is 6.42 Å². The van der Waals surface area contributed by atoms with Crippen LogP contribution in [0.5, 0.6) is 0 Å². The Hall–Kier alpha value is -1.86. The molecule has 108 valence electrons. The molecule has 0 radical (unpaired) electrons. The molecule has 8 heteroatoms. The van der Waals surface area contributed by atoms with Gasteiger partial charge in [0.2, 0.25) is 5.91 Å². The van der Waals surface area contributed by atoms with Crippen LogP contribution < -0.4 is 11.3 Å². The molecular weight excluding hydrogens is 282 g/mol. The maximum atomic E-state index is 12.4. The Morgan fingerprint density at radius 1 is 1.45 bits per heavy atom. The van der Waals surface area contributed by atoms with Gasteiger partial charge in [0.05, 0.1) is 5.02 Å². The summed E-state index contributed by atoms with van der Waals surface area (Å²) in [6.45, 7) is 1.16. The van der Waals surface area contributed by atoms with Crippen LogP contribution in [0.1, 0.15) is 16.9 Å². The summed E-state index contributed by atoms with van der Waals surface area (Å²) in [4.78, 5) is 31.4. The predicted molar refractivity (Wildman–Crippen MR) is 75.2 cm³/mol. The van der Waals surface area contributed by atoms with Gasteiger partial charge in [-0.25, -0.2) is 10.8 Å². The first-order valence-corrected chi connectivity index (χ1v) is 6.57. The number of carbonyl (C=O) groups excluding carboxylic acids is 2. The predicted octanol–water partition coefficient (Wildman–Crippen LogP) is 0.325. The third kappa shape index (κ3) is 3.00. The minimum Gasteiger partial charge on any atom is -0.344 e. The fourth-order valence-electron chi connectivity index (χ4n) is 1.98. The molecule has 1 saturated heterocycles. The van der Waals surface area contributed by atoms with Crippen LogP contribution in [-0.4, -0.2) is 53.3 Å². The maximum Gasteiger partial charge on any atom is 0.274 e. The molecule has 3 N–H and O–H groups in total. The number of halogens is 1. The van der Waals surface area contributed by atoms with Gasteiger partial charge in [0.25, 0.3) is 5.91 Å². The number of rotatable bonds is 2. The van der Waals surface area contributed by atoms with E-state index < -0.39 is 0 Å². The van der Waals surface area contributed by atoms with Crippen molar-refractivity contribution in [3.63, 3.8) is 0 Å². The summed E-state index contributed by atoms with van der Waals surface area (Å²) in [6, 6.07) is 3.11. The standard InChI is InChI=1S/C12H16ClN5O2/c1-17-5-2-6-18(7-10(17)19)12(20)11-8(13)3-4-9(15-11)16-14/h3-4H,2,5-7,14H2,1H3,(H,15,16). The van der Waals surface area contributed by atoms with Crippen molar-refractivity contribution in [3.05, 3.63) is 22.8 Å². The molecule has 2 rings (SSSR count). The Bertz CT molecular complexity index is 537. The lowest BCUT2D eigenvalue weighted by Crippen LogP contribution is -2.38. The van der Waals surface area contributed by atoms with Gasteiger partial charge < -0.3 is 15.2 Å². The van der Waals surface area contributed by atoms with Crippen molar-refractivity contribution in [1.29, 1.82) is 0 Å². The van der Waals surface area contributed by atoms with Crippen LogP contribution in [0.25, 0.3) is 0 Å². The number of nitrogens with one attached hydrogen (secondary N) is 1. The second kappa shape index (κ2) is 6.06. The van der Waals surface area contributed by atoms with E-state index in [9.17, 15) is 9.59 Å². The monoisotopic (exact) mass is 297 g/mol. The quantitative estimate of drug-likeness (QED) is 0.606. The van der Waals surface area contributed by atoms with Crippen molar-refractivity contribution in [3.8, 4) is 0 Å². The fraction of sp³-hybridized carbons (Fsp3) is 0.417. The third-order valence-electron chi connectivity index (χ3n) is 3.16. The number of hydrogen-bond acceptors (Lipinski definition) is 5. The number of nitrogens with two attached hydrogens (primary N) is 1. The molecule has 1 aromatic heterocycles. The van der Waals surface area contributed by atoms with E-state index in [4.69, 9.17) is 17.4 Å².